The van der Waals surface area contributed by atoms with E-state index < -0.39 is 17.4 Å². The van der Waals surface area contributed by atoms with Crippen molar-refractivity contribution < 1.29 is 14.7 Å². The van der Waals surface area contributed by atoms with Gasteiger partial charge in [-0.2, -0.15) is 11.8 Å². The number of hydrogen-bond donors (Lipinski definition) is 3. The summed E-state index contributed by atoms with van der Waals surface area (Å²) in [5, 5.41) is 12.1. The van der Waals surface area contributed by atoms with E-state index in [0.29, 0.717) is 35.4 Å². The van der Waals surface area contributed by atoms with Gasteiger partial charge >= 0.3 is 11.7 Å². The van der Waals surface area contributed by atoms with Crippen LogP contribution in [0.1, 0.15) is 12.8 Å². The second-order valence-electron chi connectivity index (χ2n) is 5.58. The van der Waals surface area contributed by atoms with Crippen LogP contribution < -0.4 is 11.0 Å². The van der Waals surface area contributed by atoms with Crippen molar-refractivity contribution in [3.63, 3.8) is 0 Å². The molecule has 1 aliphatic heterocycles. The number of fused-ring (bicyclic) bond motifs is 1. The van der Waals surface area contributed by atoms with Crippen LogP contribution in [0.4, 0.5) is 0 Å². The van der Waals surface area contributed by atoms with Crippen molar-refractivity contribution in [1.82, 2.24) is 14.9 Å². The van der Waals surface area contributed by atoms with Crippen LogP contribution in [0.5, 0.6) is 0 Å². The van der Waals surface area contributed by atoms with E-state index in [9.17, 15) is 19.5 Å². The first-order valence-corrected chi connectivity index (χ1v) is 8.47. The maximum absolute atomic E-state index is 12.3. The first kappa shape index (κ1) is 15.7. The van der Waals surface area contributed by atoms with Crippen molar-refractivity contribution >= 4 is 34.7 Å². The van der Waals surface area contributed by atoms with Gasteiger partial charge in [-0.25, -0.2) is 9.59 Å². The number of nitrogens with one attached hydrogen (secondary N) is 2. The van der Waals surface area contributed by atoms with Gasteiger partial charge in [0.25, 0.3) is 0 Å². The van der Waals surface area contributed by atoms with Crippen molar-refractivity contribution in [3.8, 4) is 0 Å². The van der Waals surface area contributed by atoms with Crippen LogP contribution in [0.2, 0.25) is 0 Å². The van der Waals surface area contributed by atoms with Gasteiger partial charge in [0.1, 0.15) is 12.1 Å². The van der Waals surface area contributed by atoms with E-state index in [-0.39, 0.29) is 12.2 Å². The number of carbonyl (C=O) groups is 2. The van der Waals surface area contributed by atoms with Crippen LogP contribution in [0.25, 0.3) is 11.0 Å². The zero-order valence-corrected chi connectivity index (χ0v) is 13.2. The lowest BCUT2D eigenvalue weighted by Gasteiger charge is -2.33. The number of hydrogen-bond acceptors (Lipinski definition) is 4. The molecule has 1 aromatic heterocycles. The Hall–Kier alpha value is -2.22. The van der Waals surface area contributed by atoms with E-state index in [0.717, 1.165) is 0 Å². The largest absolute Gasteiger partial charge is 0.480 e. The number of nitrogens with zero attached hydrogens (tertiary/aromatic N) is 1. The van der Waals surface area contributed by atoms with Gasteiger partial charge in [0.2, 0.25) is 5.91 Å². The zero-order valence-electron chi connectivity index (χ0n) is 12.4. The summed E-state index contributed by atoms with van der Waals surface area (Å²) >= 11 is 1.68. The zero-order chi connectivity index (χ0) is 16.4. The number of aliphatic carboxylic acids is 1. The molecule has 0 atom stereocenters. The average molecular weight is 335 g/mol. The predicted octanol–water partition coefficient (Wildman–Crippen LogP) is 0.796. The molecule has 1 saturated heterocycles. The number of aromatic amines is 1. The summed E-state index contributed by atoms with van der Waals surface area (Å²) in [7, 11) is 0. The van der Waals surface area contributed by atoms with Gasteiger partial charge in [-0.05, 0) is 36.5 Å². The molecule has 0 spiro atoms. The summed E-state index contributed by atoms with van der Waals surface area (Å²) in [6.07, 6.45) is 0.781. The third-order valence-electron chi connectivity index (χ3n) is 4.12. The monoisotopic (exact) mass is 335 g/mol. The number of para-hydroxylation sites is 2. The number of imidazole rings is 1. The number of benzene rings is 1. The normalized spacial score (nSPS) is 17.0. The van der Waals surface area contributed by atoms with Gasteiger partial charge in [0.05, 0.1) is 11.0 Å². The van der Waals surface area contributed by atoms with Crippen LogP contribution >= 0.6 is 11.8 Å². The van der Waals surface area contributed by atoms with Crippen LogP contribution in [-0.4, -0.2) is 43.6 Å². The SMILES string of the molecule is O=C(Cn1c(=O)[nH]c2ccccc21)NC1(C(=O)O)CCSCC1. The molecule has 2 heterocycles. The quantitative estimate of drug-likeness (QED) is 0.766. The Morgan fingerprint density at radius 3 is 2.70 bits per heavy atom. The second kappa shape index (κ2) is 6.11. The highest BCUT2D eigenvalue weighted by molar-refractivity contribution is 7.99. The third kappa shape index (κ3) is 2.98. The minimum atomic E-state index is -1.22. The predicted molar refractivity (Wildman–Crippen MR) is 87.6 cm³/mol. The molecule has 1 aromatic carbocycles. The van der Waals surface area contributed by atoms with E-state index in [1.54, 1.807) is 36.0 Å². The van der Waals surface area contributed by atoms with Crippen molar-refractivity contribution in [2.45, 2.75) is 24.9 Å². The fourth-order valence-corrected chi connectivity index (χ4v) is 4.02. The Balaban J connectivity index is 1.82. The third-order valence-corrected chi connectivity index (χ3v) is 5.10. The Kier molecular flexibility index (Phi) is 4.16. The fourth-order valence-electron chi connectivity index (χ4n) is 2.83. The fraction of sp³-hybridized carbons (Fsp3) is 0.400. The molecule has 7 nitrogen and oxygen atoms in total. The molecule has 1 fully saturated rings. The van der Waals surface area contributed by atoms with Gasteiger partial charge in [-0.15, -0.1) is 0 Å². The Bertz CT molecular complexity index is 804. The van der Waals surface area contributed by atoms with Gasteiger partial charge < -0.3 is 15.4 Å². The van der Waals surface area contributed by atoms with E-state index in [1.807, 2.05) is 0 Å². The maximum Gasteiger partial charge on any atom is 0.329 e. The van der Waals surface area contributed by atoms with Gasteiger partial charge in [0.15, 0.2) is 0 Å². The topological polar surface area (TPSA) is 104 Å². The minimum Gasteiger partial charge on any atom is -0.480 e. The molecule has 3 rings (SSSR count). The standard InChI is InChI=1S/C15H17N3O4S/c19-12(17-15(13(20)21)5-7-23-8-6-15)9-18-11-4-2-1-3-10(11)16-14(18)22/h1-4H,5-9H2,(H,16,22)(H,17,19)(H,20,21). The lowest BCUT2D eigenvalue weighted by atomic mass is 9.92. The van der Waals surface area contributed by atoms with Crippen molar-refractivity contribution in [2.24, 2.45) is 0 Å². The Morgan fingerprint density at radius 1 is 1.30 bits per heavy atom. The van der Waals surface area contributed by atoms with Gasteiger partial charge in [0, 0.05) is 0 Å². The van der Waals surface area contributed by atoms with Gasteiger partial charge in [-0.1, -0.05) is 12.1 Å². The lowest BCUT2D eigenvalue weighted by molar-refractivity contribution is -0.148. The number of thioether (sulfide) groups is 1. The van der Waals surface area contributed by atoms with Crippen LogP contribution in [0.3, 0.4) is 0 Å². The molecule has 0 unspecified atom stereocenters. The molecule has 0 saturated carbocycles. The number of H-pyrrole nitrogens is 1. The first-order valence-electron chi connectivity index (χ1n) is 7.31. The van der Waals surface area contributed by atoms with Crippen LogP contribution in [-0.2, 0) is 16.1 Å². The first-order chi connectivity index (χ1) is 11.0. The molecule has 8 heteroatoms. The second-order valence-corrected chi connectivity index (χ2v) is 6.81. The maximum atomic E-state index is 12.3. The molecule has 2 aromatic rings. The van der Waals surface area contributed by atoms with Crippen molar-refractivity contribution in [2.75, 3.05) is 11.5 Å². The van der Waals surface area contributed by atoms with E-state index in [1.165, 1.54) is 4.57 Å². The molecule has 1 aliphatic rings. The number of amides is 1. The summed E-state index contributed by atoms with van der Waals surface area (Å²) in [6, 6.07) is 7.07. The van der Waals surface area contributed by atoms with E-state index in [4.69, 9.17) is 0 Å². The van der Waals surface area contributed by atoms with Crippen molar-refractivity contribution in [3.05, 3.63) is 34.7 Å². The number of carbonyl (C=O) groups excluding carboxylic acids is 1. The Labute approximate surface area is 136 Å². The lowest BCUT2D eigenvalue weighted by Crippen LogP contribution is -2.57. The number of carboxylic acid groups (broad SMARTS) is 1. The number of aromatic nitrogens is 2. The molecule has 3 N–H and O–H groups in total. The molecule has 0 aliphatic carbocycles. The molecule has 0 bridgehead atoms. The summed E-state index contributed by atoms with van der Waals surface area (Å²) in [4.78, 5) is 38.6. The molecule has 23 heavy (non-hydrogen) atoms. The van der Waals surface area contributed by atoms with E-state index in [2.05, 4.69) is 10.3 Å². The summed E-state index contributed by atoms with van der Waals surface area (Å²) in [6.45, 7) is -0.203. The highest BCUT2D eigenvalue weighted by atomic mass is 32.2. The van der Waals surface area contributed by atoms with Crippen LogP contribution in [0.15, 0.2) is 29.1 Å². The number of carboxylic acids is 1. The highest BCUT2D eigenvalue weighted by Crippen LogP contribution is 2.27. The minimum absolute atomic E-state index is 0.203. The van der Waals surface area contributed by atoms with E-state index >= 15 is 0 Å². The molecular weight excluding hydrogens is 318 g/mol. The summed E-state index contributed by atoms with van der Waals surface area (Å²) in [5.74, 6) is -0.0947. The Morgan fingerprint density at radius 2 is 2.00 bits per heavy atom. The van der Waals surface area contributed by atoms with Gasteiger partial charge in [-0.3, -0.25) is 9.36 Å². The molecule has 122 valence electrons. The smallest absolute Gasteiger partial charge is 0.329 e. The summed E-state index contributed by atoms with van der Waals surface area (Å²) < 4.78 is 1.32. The summed E-state index contributed by atoms with van der Waals surface area (Å²) in [5.41, 5.74) is -0.341. The number of rotatable bonds is 4. The molecular formula is C15H17N3O4S. The average Bonchev–Trinajstić information content (AvgIpc) is 2.84. The molecule has 0 radical (unpaired) electrons. The van der Waals surface area contributed by atoms with Crippen LogP contribution in [0, 0.1) is 0 Å². The van der Waals surface area contributed by atoms with Crippen molar-refractivity contribution in [1.29, 1.82) is 0 Å². The molecule has 1 amide bonds. The highest BCUT2D eigenvalue weighted by Gasteiger charge is 2.41.